The Bertz CT molecular complexity index is 401. The van der Waals surface area contributed by atoms with Gasteiger partial charge in [-0.25, -0.2) is 4.68 Å². The van der Waals surface area contributed by atoms with Crippen LogP contribution in [-0.4, -0.2) is 35.5 Å². The number of nitrogens with one attached hydrogen (secondary N) is 2. The van der Waals surface area contributed by atoms with Crippen molar-refractivity contribution in [3.05, 3.63) is 23.9 Å². The SMILES string of the molecule is CC(C)=CCC(N)CNc1ccnn1C1CNC1. The van der Waals surface area contributed by atoms with Crippen LogP contribution in [0.5, 0.6) is 0 Å². The van der Waals surface area contributed by atoms with Crippen LogP contribution in [0.4, 0.5) is 5.82 Å². The van der Waals surface area contributed by atoms with E-state index in [0.29, 0.717) is 6.04 Å². The lowest BCUT2D eigenvalue weighted by Gasteiger charge is -2.29. The Labute approximate surface area is 108 Å². The molecule has 0 aromatic carbocycles. The predicted octanol–water partition coefficient (Wildman–Crippen LogP) is 1.12. The third-order valence-corrected chi connectivity index (χ3v) is 3.15. The topological polar surface area (TPSA) is 67.9 Å². The monoisotopic (exact) mass is 249 g/mol. The summed E-state index contributed by atoms with van der Waals surface area (Å²) in [5.74, 6) is 1.06. The van der Waals surface area contributed by atoms with E-state index in [4.69, 9.17) is 5.73 Å². The molecule has 5 nitrogen and oxygen atoms in total. The van der Waals surface area contributed by atoms with E-state index in [1.807, 2.05) is 16.9 Å². The van der Waals surface area contributed by atoms with Gasteiger partial charge in [0.2, 0.25) is 0 Å². The number of nitrogens with two attached hydrogens (primary N) is 1. The molecule has 1 unspecified atom stereocenters. The minimum Gasteiger partial charge on any atom is -0.369 e. The molecular weight excluding hydrogens is 226 g/mol. The van der Waals surface area contributed by atoms with Gasteiger partial charge in [-0.2, -0.15) is 5.10 Å². The van der Waals surface area contributed by atoms with Crippen LogP contribution in [0, 0.1) is 0 Å². The first-order valence-electron chi connectivity index (χ1n) is 6.54. The summed E-state index contributed by atoms with van der Waals surface area (Å²) in [5.41, 5.74) is 7.38. The number of anilines is 1. The Morgan fingerprint density at radius 1 is 1.67 bits per heavy atom. The van der Waals surface area contributed by atoms with Crippen molar-refractivity contribution >= 4 is 5.82 Å². The maximum Gasteiger partial charge on any atom is 0.124 e. The Kier molecular flexibility index (Phi) is 4.38. The fourth-order valence-electron chi connectivity index (χ4n) is 1.90. The summed E-state index contributed by atoms with van der Waals surface area (Å²) in [5, 5.41) is 11.0. The first-order valence-corrected chi connectivity index (χ1v) is 6.54. The first kappa shape index (κ1) is 13.1. The van der Waals surface area contributed by atoms with Crippen LogP contribution in [-0.2, 0) is 0 Å². The molecule has 0 amide bonds. The fourth-order valence-corrected chi connectivity index (χ4v) is 1.90. The largest absolute Gasteiger partial charge is 0.369 e. The van der Waals surface area contributed by atoms with E-state index >= 15 is 0 Å². The van der Waals surface area contributed by atoms with Gasteiger partial charge in [-0.1, -0.05) is 11.6 Å². The average molecular weight is 249 g/mol. The van der Waals surface area contributed by atoms with E-state index in [1.165, 1.54) is 5.57 Å². The van der Waals surface area contributed by atoms with Gasteiger partial charge < -0.3 is 16.4 Å². The van der Waals surface area contributed by atoms with E-state index in [-0.39, 0.29) is 6.04 Å². The molecular formula is C13H23N5. The third kappa shape index (κ3) is 3.34. The summed E-state index contributed by atoms with van der Waals surface area (Å²) < 4.78 is 2.05. The minimum atomic E-state index is 0.141. The average Bonchev–Trinajstić information content (AvgIpc) is 2.69. The lowest BCUT2D eigenvalue weighted by molar-refractivity contribution is 0.321. The Morgan fingerprint density at radius 2 is 2.44 bits per heavy atom. The quantitative estimate of drug-likeness (QED) is 0.661. The van der Waals surface area contributed by atoms with E-state index in [1.54, 1.807) is 0 Å². The second-order valence-corrected chi connectivity index (χ2v) is 5.13. The van der Waals surface area contributed by atoms with Crippen molar-refractivity contribution in [3.63, 3.8) is 0 Å². The summed E-state index contributed by atoms with van der Waals surface area (Å²) in [6.07, 6.45) is 4.93. The van der Waals surface area contributed by atoms with Crippen LogP contribution >= 0.6 is 0 Å². The number of rotatable bonds is 6. The van der Waals surface area contributed by atoms with E-state index < -0.39 is 0 Å². The molecule has 1 aromatic heterocycles. The molecule has 2 rings (SSSR count). The lowest BCUT2D eigenvalue weighted by atomic mass is 10.1. The highest BCUT2D eigenvalue weighted by atomic mass is 15.4. The summed E-state index contributed by atoms with van der Waals surface area (Å²) in [7, 11) is 0. The standard InChI is InChI=1S/C13H23N5/c1-10(2)3-4-11(14)7-16-13-5-6-17-18(13)12-8-15-9-12/h3,5-6,11-12,15-16H,4,7-9,14H2,1-2H3. The Hall–Kier alpha value is -1.33. The van der Waals surface area contributed by atoms with Crippen LogP contribution in [0.25, 0.3) is 0 Å². The summed E-state index contributed by atoms with van der Waals surface area (Å²) in [4.78, 5) is 0. The van der Waals surface area contributed by atoms with Crippen molar-refractivity contribution in [2.24, 2.45) is 5.73 Å². The second kappa shape index (κ2) is 6.02. The van der Waals surface area contributed by atoms with E-state index in [9.17, 15) is 0 Å². The summed E-state index contributed by atoms with van der Waals surface area (Å²) in [6, 6.07) is 2.63. The predicted molar refractivity (Wildman–Crippen MR) is 74.6 cm³/mol. The number of hydrogen-bond acceptors (Lipinski definition) is 4. The second-order valence-electron chi connectivity index (χ2n) is 5.13. The molecule has 1 aliphatic rings. The molecule has 1 aliphatic heterocycles. The maximum absolute atomic E-state index is 6.06. The van der Waals surface area contributed by atoms with Gasteiger partial charge in [0.05, 0.1) is 12.2 Å². The van der Waals surface area contributed by atoms with Gasteiger partial charge in [0.15, 0.2) is 0 Å². The van der Waals surface area contributed by atoms with Crippen LogP contribution in [0.3, 0.4) is 0 Å². The number of nitrogens with zero attached hydrogens (tertiary/aromatic N) is 2. The molecule has 1 aromatic rings. The molecule has 2 heterocycles. The van der Waals surface area contributed by atoms with E-state index in [0.717, 1.165) is 31.9 Å². The van der Waals surface area contributed by atoms with Crippen LogP contribution in [0.15, 0.2) is 23.9 Å². The van der Waals surface area contributed by atoms with Crippen molar-refractivity contribution in [1.82, 2.24) is 15.1 Å². The molecule has 1 atom stereocenters. The van der Waals surface area contributed by atoms with Gasteiger partial charge in [0, 0.05) is 31.7 Å². The lowest BCUT2D eigenvalue weighted by Crippen LogP contribution is -2.44. The van der Waals surface area contributed by atoms with Crippen molar-refractivity contribution in [3.8, 4) is 0 Å². The van der Waals surface area contributed by atoms with Crippen molar-refractivity contribution in [2.75, 3.05) is 25.0 Å². The molecule has 0 spiro atoms. The number of hydrogen-bond donors (Lipinski definition) is 3. The number of allylic oxidation sites excluding steroid dienone is 1. The van der Waals surface area contributed by atoms with Gasteiger partial charge in [0.25, 0.3) is 0 Å². The summed E-state index contributed by atoms with van der Waals surface area (Å²) in [6.45, 7) is 6.97. The molecule has 100 valence electrons. The molecule has 0 saturated carbocycles. The normalized spacial score (nSPS) is 17.1. The highest BCUT2D eigenvalue weighted by molar-refractivity contribution is 5.35. The molecule has 1 saturated heterocycles. The third-order valence-electron chi connectivity index (χ3n) is 3.15. The Balaban J connectivity index is 1.82. The molecule has 0 aliphatic carbocycles. The first-order chi connectivity index (χ1) is 8.66. The zero-order valence-electron chi connectivity index (χ0n) is 11.2. The molecule has 0 radical (unpaired) electrons. The smallest absolute Gasteiger partial charge is 0.124 e. The minimum absolute atomic E-state index is 0.141. The Morgan fingerprint density at radius 3 is 3.06 bits per heavy atom. The summed E-state index contributed by atoms with van der Waals surface area (Å²) >= 11 is 0. The van der Waals surface area contributed by atoms with Crippen LogP contribution in [0.1, 0.15) is 26.3 Å². The van der Waals surface area contributed by atoms with Gasteiger partial charge in [-0.05, 0) is 20.3 Å². The maximum atomic E-state index is 6.06. The van der Waals surface area contributed by atoms with E-state index in [2.05, 4.69) is 35.7 Å². The zero-order valence-corrected chi connectivity index (χ0v) is 11.2. The fraction of sp³-hybridized carbons (Fsp3) is 0.615. The molecule has 4 N–H and O–H groups in total. The highest BCUT2D eigenvalue weighted by Crippen LogP contribution is 2.17. The van der Waals surface area contributed by atoms with Gasteiger partial charge in [-0.3, -0.25) is 0 Å². The van der Waals surface area contributed by atoms with Crippen LogP contribution in [0.2, 0.25) is 0 Å². The van der Waals surface area contributed by atoms with Crippen molar-refractivity contribution in [1.29, 1.82) is 0 Å². The van der Waals surface area contributed by atoms with Crippen molar-refractivity contribution < 1.29 is 0 Å². The molecule has 18 heavy (non-hydrogen) atoms. The van der Waals surface area contributed by atoms with Gasteiger partial charge in [-0.15, -0.1) is 0 Å². The van der Waals surface area contributed by atoms with Crippen LogP contribution < -0.4 is 16.4 Å². The van der Waals surface area contributed by atoms with Gasteiger partial charge in [0.1, 0.15) is 5.82 Å². The van der Waals surface area contributed by atoms with Gasteiger partial charge >= 0.3 is 0 Å². The number of aromatic nitrogens is 2. The molecule has 1 fully saturated rings. The molecule has 5 heteroatoms. The zero-order chi connectivity index (χ0) is 13.0. The molecule has 0 bridgehead atoms. The highest BCUT2D eigenvalue weighted by Gasteiger charge is 2.21. The van der Waals surface area contributed by atoms with Crippen molar-refractivity contribution in [2.45, 2.75) is 32.4 Å².